The van der Waals surface area contributed by atoms with Crippen LogP contribution in [0.3, 0.4) is 0 Å². The smallest absolute Gasteiger partial charge is 0.261 e. The summed E-state index contributed by atoms with van der Waals surface area (Å²) in [6.45, 7) is 0.526. The van der Waals surface area contributed by atoms with Gasteiger partial charge >= 0.3 is 0 Å². The number of thiophene rings is 1. The molecule has 1 aromatic rings. The Morgan fingerprint density at radius 1 is 1.21 bits per heavy atom. The molecule has 3 rings (SSSR count). The van der Waals surface area contributed by atoms with Crippen LogP contribution >= 0.6 is 34.9 Å². The van der Waals surface area contributed by atoms with Crippen molar-refractivity contribution < 1.29 is 14.3 Å². The lowest BCUT2D eigenvalue weighted by Gasteiger charge is -2.37. The van der Waals surface area contributed by atoms with Crippen LogP contribution in [0.25, 0.3) is 0 Å². The number of thioether (sulfide) groups is 2. The topological polar surface area (TPSA) is 67.4 Å². The van der Waals surface area contributed by atoms with Crippen LogP contribution < -0.4 is 10.6 Å². The number of carbonyl (C=O) groups excluding carboxylic acids is 2. The molecule has 1 saturated heterocycles. The van der Waals surface area contributed by atoms with Crippen LogP contribution in [0.4, 0.5) is 0 Å². The molecule has 0 atom stereocenters. The molecule has 0 spiro atoms. The molecule has 0 aromatic carbocycles. The maximum atomic E-state index is 12.2. The average Bonchev–Trinajstić information content (AvgIpc) is 3.02. The van der Waals surface area contributed by atoms with Gasteiger partial charge in [0, 0.05) is 19.2 Å². The van der Waals surface area contributed by atoms with Gasteiger partial charge in [0.15, 0.2) is 0 Å². The van der Waals surface area contributed by atoms with Gasteiger partial charge in [-0.2, -0.15) is 0 Å². The number of ether oxygens (including phenoxy) is 1. The Kier molecular flexibility index (Phi) is 6.49. The zero-order valence-corrected chi connectivity index (χ0v) is 16.0. The SMILES string of the molecule is COCc1csc(C(=O)NC2CC(NC(=O)C3SCCCS3)C2)c1. The highest BCUT2D eigenvalue weighted by Crippen LogP contribution is 2.31. The Hall–Kier alpha value is -0.700. The zero-order chi connectivity index (χ0) is 16.9. The summed E-state index contributed by atoms with van der Waals surface area (Å²) in [5.41, 5.74) is 1.02. The van der Waals surface area contributed by atoms with E-state index in [4.69, 9.17) is 4.74 Å². The minimum atomic E-state index is -0.0319. The van der Waals surface area contributed by atoms with Crippen molar-refractivity contribution in [3.05, 3.63) is 21.9 Å². The van der Waals surface area contributed by atoms with Crippen molar-refractivity contribution in [2.24, 2.45) is 0 Å². The van der Waals surface area contributed by atoms with Crippen molar-refractivity contribution in [3.8, 4) is 0 Å². The van der Waals surface area contributed by atoms with Crippen molar-refractivity contribution in [1.29, 1.82) is 0 Å². The van der Waals surface area contributed by atoms with E-state index in [2.05, 4.69) is 10.6 Å². The van der Waals surface area contributed by atoms with Gasteiger partial charge in [-0.25, -0.2) is 0 Å². The van der Waals surface area contributed by atoms with Crippen molar-refractivity contribution in [2.45, 2.75) is 42.5 Å². The quantitative estimate of drug-likeness (QED) is 0.786. The molecule has 132 valence electrons. The molecular weight excluding hydrogens is 364 g/mol. The maximum Gasteiger partial charge on any atom is 0.261 e. The van der Waals surface area contributed by atoms with Gasteiger partial charge in [-0.1, -0.05) is 0 Å². The predicted octanol–water partition coefficient (Wildman–Crippen LogP) is 2.47. The van der Waals surface area contributed by atoms with Crippen LogP contribution in [0.5, 0.6) is 0 Å². The van der Waals surface area contributed by atoms with E-state index in [9.17, 15) is 9.59 Å². The normalized spacial score (nSPS) is 24.2. The first-order valence-corrected chi connectivity index (χ1v) is 11.0. The fourth-order valence-electron chi connectivity index (χ4n) is 2.76. The highest BCUT2D eigenvalue weighted by Gasteiger charge is 2.33. The summed E-state index contributed by atoms with van der Waals surface area (Å²) in [7, 11) is 1.64. The lowest BCUT2D eigenvalue weighted by molar-refractivity contribution is -0.120. The highest BCUT2D eigenvalue weighted by atomic mass is 32.2. The van der Waals surface area contributed by atoms with Gasteiger partial charge in [0.25, 0.3) is 5.91 Å². The first-order valence-electron chi connectivity index (χ1n) is 8.06. The summed E-state index contributed by atoms with van der Waals surface area (Å²) < 4.78 is 5.11. The molecule has 8 heteroatoms. The van der Waals surface area contributed by atoms with E-state index >= 15 is 0 Å². The summed E-state index contributed by atoms with van der Waals surface area (Å²) in [4.78, 5) is 25.1. The second kappa shape index (κ2) is 8.60. The minimum absolute atomic E-state index is 0.0319. The Morgan fingerprint density at radius 3 is 2.62 bits per heavy atom. The number of hydrogen-bond donors (Lipinski definition) is 2. The molecule has 1 aliphatic carbocycles. The van der Waals surface area contributed by atoms with E-state index in [0.29, 0.717) is 11.5 Å². The summed E-state index contributed by atoms with van der Waals surface area (Å²) in [5.74, 6) is 2.25. The van der Waals surface area contributed by atoms with Crippen LogP contribution in [0, 0.1) is 0 Å². The van der Waals surface area contributed by atoms with Crippen LogP contribution in [0.2, 0.25) is 0 Å². The lowest BCUT2D eigenvalue weighted by atomic mass is 9.86. The van der Waals surface area contributed by atoms with E-state index < -0.39 is 0 Å². The third kappa shape index (κ3) is 4.68. The molecule has 0 radical (unpaired) electrons. The average molecular weight is 387 g/mol. The molecule has 2 N–H and O–H groups in total. The van der Waals surface area contributed by atoms with Crippen LogP contribution in [-0.2, 0) is 16.1 Å². The molecule has 24 heavy (non-hydrogen) atoms. The Morgan fingerprint density at radius 2 is 1.92 bits per heavy atom. The van der Waals surface area contributed by atoms with Gasteiger partial charge in [0.2, 0.25) is 5.91 Å². The van der Waals surface area contributed by atoms with Crippen molar-refractivity contribution in [2.75, 3.05) is 18.6 Å². The standard InChI is InChI=1S/C16H22N2O3S3/c1-21-8-10-5-13(24-9-10)14(19)17-11-6-12(7-11)18-15(20)16-22-3-2-4-23-16/h5,9,11-12,16H,2-4,6-8H2,1H3,(H,17,19)(H,18,20). The number of nitrogens with one attached hydrogen (secondary N) is 2. The van der Waals surface area contributed by atoms with E-state index in [1.807, 2.05) is 11.4 Å². The summed E-state index contributed by atoms with van der Waals surface area (Å²) in [6.07, 6.45) is 2.82. The Balaban J connectivity index is 1.38. The molecule has 2 heterocycles. The van der Waals surface area contributed by atoms with Crippen LogP contribution in [-0.4, -0.2) is 47.1 Å². The Labute approximate surface area is 154 Å². The second-order valence-electron chi connectivity index (χ2n) is 6.03. The maximum absolute atomic E-state index is 12.2. The van der Waals surface area contributed by atoms with Crippen LogP contribution in [0.1, 0.15) is 34.5 Å². The van der Waals surface area contributed by atoms with Crippen LogP contribution in [0.15, 0.2) is 11.4 Å². The molecule has 2 aliphatic rings. The lowest BCUT2D eigenvalue weighted by Crippen LogP contribution is -2.54. The fourth-order valence-corrected chi connectivity index (χ4v) is 6.19. The number of carbonyl (C=O) groups is 2. The van der Waals surface area contributed by atoms with Gasteiger partial charge in [0.05, 0.1) is 11.5 Å². The van der Waals surface area contributed by atoms with Gasteiger partial charge in [-0.15, -0.1) is 34.9 Å². The third-order valence-electron chi connectivity index (χ3n) is 4.05. The van der Waals surface area contributed by atoms with Gasteiger partial charge in [0.1, 0.15) is 4.58 Å². The summed E-state index contributed by atoms with van der Waals surface area (Å²) >= 11 is 4.91. The molecular formula is C16H22N2O3S3. The molecule has 1 saturated carbocycles. The van der Waals surface area contributed by atoms with Crippen molar-refractivity contribution >= 4 is 46.7 Å². The van der Waals surface area contributed by atoms with Crippen molar-refractivity contribution in [1.82, 2.24) is 10.6 Å². The van der Waals surface area contributed by atoms with Gasteiger partial charge in [-0.05, 0) is 47.8 Å². The molecule has 1 aliphatic heterocycles. The molecule has 1 aromatic heterocycles. The molecule has 5 nitrogen and oxygen atoms in total. The minimum Gasteiger partial charge on any atom is -0.380 e. The number of rotatable bonds is 6. The first kappa shape index (κ1) is 18.1. The molecule has 0 unspecified atom stereocenters. The number of methoxy groups -OCH3 is 1. The van der Waals surface area contributed by atoms with E-state index in [-0.39, 0.29) is 28.5 Å². The Bertz CT molecular complexity index is 581. The largest absolute Gasteiger partial charge is 0.380 e. The van der Waals surface area contributed by atoms with Gasteiger partial charge in [-0.3, -0.25) is 9.59 Å². The third-order valence-corrected chi connectivity index (χ3v) is 7.93. The molecule has 0 bridgehead atoms. The monoisotopic (exact) mass is 386 g/mol. The molecule has 2 amide bonds. The zero-order valence-electron chi connectivity index (χ0n) is 13.6. The van der Waals surface area contributed by atoms with E-state index in [0.717, 1.165) is 29.9 Å². The number of amides is 2. The highest BCUT2D eigenvalue weighted by molar-refractivity contribution is 8.18. The predicted molar refractivity (Wildman–Crippen MR) is 101 cm³/mol. The molecule has 2 fully saturated rings. The van der Waals surface area contributed by atoms with Gasteiger partial charge < -0.3 is 15.4 Å². The second-order valence-corrected chi connectivity index (χ2v) is 9.66. The summed E-state index contributed by atoms with van der Waals surface area (Å²) in [5, 5.41) is 8.09. The summed E-state index contributed by atoms with van der Waals surface area (Å²) in [6, 6.07) is 2.22. The van der Waals surface area contributed by atoms with Crippen molar-refractivity contribution in [3.63, 3.8) is 0 Å². The fraction of sp³-hybridized carbons (Fsp3) is 0.625. The van der Waals surface area contributed by atoms with E-state index in [1.54, 1.807) is 30.6 Å². The number of hydrogen-bond acceptors (Lipinski definition) is 6. The van der Waals surface area contributed by atoms with E-state index in [1.165, 1.54) is 17.8 Å². The first-order chi connectivity index (χ1) is 11.7.